The maximum atomic E-state index is 13.2. The van der Waals surface area contributed by atoms with E-state index in [1.54, 1.807) is 84.2 Å². The van der Waals surface area contributed by atoms with Crippen LogP contribution < -0.4 is 29.7 Å². The predicted molar refractivity (Wildman–Crippen MR) is 157 cm³/mol. The number of hydrazone groups is 1. The molecule has 0 saturated carbocycles. The number of fused-ring (bicyclic) bond motifs is 1. The van der Waals surface area contributed by atoms with Crippen molar-refractivity contribution in [3.8, 4) is 23.0 Å². The van der Waals surface area contributed by atoms with Crippen molar-refractivity contribution in [1.29, 1.82) is 0 Å². The van der Waals surface area contributed by atoms with E-state index in [1.165, 1.54) is 23.6 Å². The van der Waals surface area contributed by atoms with Gasteiger partial charge in [0.15, 0.2) is 23.0 Å². The molecule has 0 radical (unpaired) electrons. The largest absolute Gasteiger partial charge is 0.490 e. The van der Waals surface area contributed by atoms with Crippen LogP contribution in [0.4, 0.5) is 0 Å². The van der Waals surface area contributed by atoms with E-state index in [-0.39, 0.29) is 18.2 Å². The maximum absolute atomic E-state index is 13.2. The highest BCUT2D eigenvalue weighted by Crippen LogP contribution is 2.33. The number of hydrogen-bond acceptors (Lipinski definition) is 9. The second-order valence-corrected chi connectivity index (χ2v) is 9.64. The molecular weight excluding hydrogens is 558 g/mol. The number of amides is 2. The quantitative estimate of drug-likeness (QED) is 0.0884. The second-order valence-electron chi connectivity index (χ2n) is 8.70. The van der Waals surface area contributed by atoms with Crippen molar-refractivity contribution in [1.82, 2.24) is 10.7 Å². The highest BCUT2D eigenvalue weighted by molar-refractivity contribution is 7.12. The zero-order valence-corrected chi connectivity index (χ0v) is 23.2. The first-order valence-electron chi connectivity index (χ1n) is 12.8. The normalized spacial score (nSPS) is 12.2. The van der Waals surface area contributed by atoms with Crippen LogP contribution in [0.1, 0.15) is 38.1 Å². The number of esters is 1. The van der Waals surface area contributed by atoms with E-state index in [9.17, 15) is 14.4 Å². The van der Waals surface area contributed by atoms with Gasteiger partial charge in [-0.15, -0.1) is 11.3 Å². The van der Waals surface area contributed by atoms with Gasteiger partial charge < -0.3 is 24.3 Å². The Kier molecular flexibility index (Phi) is 8.90. The summed E-state index contributed by atoms with van der Waals surface area (Å²) in [5, 5.41) is 8.50. The summed E-state index contributed by atoms with van der Waals surface area (Å²) in [6.07, 6.45) is 2.92. The molecule has 0 atom stereocenters. The Morgan fingerprint density at radius 1 is 0.929 bits per heavy atom. The molecule has 4 aromatic rings. The highest BCUT2D eigenvalue weighted by atomic mass is 32.1. The summed E-state index contributed by atoms with van der Waals surface area (Å²) in [4.78, 5) is 38.9. The minimum atomic E-state index is -0.653. The zero-order valence-electron chi connectivity index (χ0n) is 22.4. The molecule has 1 aliphatic rings. The topological polar surface area (TPSA) is 125 Å². The van der Waals surface area contributed by atoms with Gasteiger partial charge in [-0.25, -0.2) is 10.2 Å². The third kappa shape index (κ3) is 7.01. The maximum Gasteiger partial charge on any atom is 0.353 e. The molecule has 11 heteroatoms. The Morgan fingerprint density at radius 2 is 1.74 bits per heavy atom. The van der Waals surface area contributed by atoms with Gasteiger partial charge in [0.25, 0.3) is 11.8 Å². The Morgan fingerprint density at radius 3 is 2.52 bits per heavy atom. The number of nitrogens with one attached hydrogen (secondary N) is 2. The van der Waals surface area contributed by atoms with Crippen molar-refractivity contribution in [3.63, 3.8) is 0 Å². The van der Waals surface area contributed by atoms with Gasteiger partial charge in [-0.2, -0.15) is 5.10 Å². The number of ether oxygens (including phenoxy) is 4. The highest BCUT2D eigenvalue weighted by Gasteiger charge is 2.17. The molecule has 2 N–H and O–H groups in total. The Balaban J connectivity index is 1.32. The van der Waals surface area contributed by atoms with Crippen LogP contribution in [0.25, 0.3) is 6.08 Å². The average Bonchev–Trinajstić information content (AvgIpc) is 3.71. The molecule has 0 unspecified atom stereocenters. The third-order valence-electron chi connectivity index (χ3n) is 5.81. The van der Waals surface area contributed by atoms with Crippen molar-refractivity contribution in [2.24, 2.45) is 5.10 Å². The Hall–Kier alpha value is -5.42. The molecular formula is C31H25N3O7S. The molecule has 3 aromatic carbocycles. The van der Waals surface area contributed by atoms with Gasteiger partial charge in [0.05, 0.1) is 12.8 Å². The van der Waals surface area contributed by atoms with Crippen LogP contribution in [0, 0.1) is 0 Å². The van der Waals surface area contributed by atoms with E-state index >= 15 is 0 Å². The van der Waals surface area contributed by atoms with Crippen LogP contribution in [0.3, 0.4) is 0 Å². The van der Waals surface area contributed by atoms with Crippen molar-refractivity contribution in [3.05, 3.63) is 112 Å². The molecule has 0 spiro atoms. The molecule has 212 valence electrons. The first-order chi connectivity index (χ1) is 20.5. The van der Waals surface area contributed by atoms with E-state index in [1.807, 2.05) is 6.92 Å². The fraction of sp³-hybridized carbons (Fsp3) is 0.0968. The molecule has 0 bridgehead atoms. The smallest absolute Gasteiger partial charge is 0.353 e. The van der Waals surface area contributed by atoms with E-state index in [2.05, 4.69) is 15.8 Å². The number of nitrogens with zero attached hydrogens (tertiary/aromatic N) is 1. The van der Waals surface area contributed by atoms with Gasteiger partial charge in [-0.1, -0.05) is 30.3 Å². The minimum absolute atomic E-state index is 0.0364. The monoisotopic (exact) mass is 583 g/mol. The van der Waals surface area contributed by atoms with Gasteiger partial charge in [-0.05, 0) is 78.0 Å². The summed E-state index contributed by atoms with van der Waals surface area (Å²) >= 11 is 1.28. The average molecular weight is 584 g/mol. The first kappa shape index (κ1) is 28.1. The number of rotatable bonds is 10. The lowest BCUT2D eigenvalue weighted by molar-refractivity contribution is -0.117. The number of thiophene rings is 1. The molecule has 1 aromatic heterocycles. The minimum Gasteiger partial charge on any atom is -0.490 e. The van der Waals surface area contributed by atoms with E-state index in [4.69, 9.17) is 18.9 Å². The lowest BCUT2D eigenvalue weighted by Crippen LogP contribution is -2.32. The van der Waals surface area contributed by atoms with Crippen LogP contribution in [0.5, 0.6) is 23.0 Å². The molecule has 10 nitrogen and oxygen atoms in total. The van der Waals surface area contributed by atoms with E-state index in [0.717, 1.165) is 0 Å². The third-order valence-corrected chi connectivity index (χ3v) is 6.66. The Bertz CT molecular complexity index is 1650. The number of hydrogen-bond donors (Lipinski definition) is 2. The lowest BCUT2D eigenvalue weighted by Gasteiger charge is -2.11. The second kappa shape index (κ2) is 13.3. The molecule has 0 aliphatic carbocycles. The molecule has 42 heavy (non-hydrogen) atoms. The molecule has 1 aliphatic heterocycles. The molecule has 0 saturated heterocycles. The lowest BCUT2D eigenvalue weighted by atomic mass is 10.1. The summed E-state index contributed by atoms with van der Waals surface area (Å²) in [6, 6.07) is 22.0. The van der Waals surface area contributed by atoms with Gasteiger partial charge >= 0.3 is 5.97 Å². The van der Waals surface area contributed by atoms with Gasteiger partial charge in [-0.3, -0.25) is 9.59 Å². The number of benzene rings is 3. The molecule has 0 fully saturated rings. The van der Waals surface area contributed by atoms with Crippen LogP contribution in [-0.4, -0.2) is 37.4 Å². The summed E-state index contributed by atoms with van der Waals surface area (Å²) in [5.74, 6) is 0.125. The zero-order chi connectivity index (χ0) is 29.3. The van der Waals surface area contributed by atoms with Crippen LogP contribution in [0.15, 0.2) is 95.0 Å². The van der Waals surface area contributed by atoms with E-state index < -0.39 is 17.8 Å². The standard InChI is InChI=1S/C31H25N3O7S/c1-2-38-27-17-21(11-13-25(27)41-31(37)28-9-6-14-42-28)18-32-34-30(36)23(33-29(35)22-7-4-3-5-8-22)15-20-10-12-24-26(16-20)40-19-39-24/h3-18H,2,19H2,1H3,(H,33,35)(H,34,36)/b23-15+,32-18+. The molecule has 5 rings (SSSR count). The number of carbonyl (C=O) groups is 3. The Labute approximate surface area is 245 Å². The predicted octanol–water partition coefficient (Wildman–Crippen LogP) is 5.02. The molecule has 2 amide bonds. The SMILES string of the molecule is CCOc1cc(/C=N/NC(=O)/C(=C\c2ccc3c(c2)OCO3)NC(=O)c2ccccc2)ccc1OC(=O)c1cccs1. The van der Waals surface area contributed by atoms with Crippen molar-refractivity contribution < 1.29 is 33.3 Å². The fourth-order valence-electron chi connectivity index (χ4n) is 3.84. The molecule has 2 heterocycles. The van der Waals surface area contributed by atoms with Crippen LogP contribution in [-0.2, 0) is 4.79 Å². The summed E-state index contributed by atoms with van der Waals surface area (Å²) in [6.45, 7) is 2.26. The van der Waals surface area contributed by atoms with Crippen LogP contribution in [0.2, 0.25) is 0 Å². The van der Waals surface area contributed by atoms with Gasteiger partial charge in [0, 0.05) is 5.56 Å². The fourth-order valence-corrected chi connectivity index (χ4v) is 4.44. The summed E-state index contributed by atoms with van der Waals surface area (Å²) in [5.41, 5.74) is 3.97. The van der Waals surface area contributed by atoms with Gasteiger partial charge in [0.2, 0.25) is 6.79 Å². The first-order valence-corrected chi connectivity index (χ1v) is 13.7. The van der Waals surface area contributed by atoms with Gasteiger partial charge in [0.1, 0.15) is 10.6 Å². The summed E-state index contributed by atoms with van der Waals surface area (Å²) < 4.78 is 21.9. The van der Waals surface area contributed by atoms with Crippen LogP contribution >= 0.6 is 11.3 Å². The van der Waals surface area contributed by atoms with Crippen molar-refractivity contribution in [2.75, 3.05) is 13.4 Å². The number of carbonyl (C=O) groups excluding carboxylic acids is 3. The van der Waals surface area contributed by atoms with E-state index in [0.29, 0.717) is 45.4 Å². The van der Waals surface area contributed by atoms with Crippen molar-refractivity contribution >= 4 is 41.4 Å². The summed E-state index contributed by atoms with van der Waals surface area (Å²) in [7, 11) is 0. The van der Waals surface area contributed by atoms with Crippen molar-refractivity contribution in [2.45, 2.75) is 6.92 Å².